The maximum absolute atomic E-state index is 13.6. The van der Waals surface area contributed by atoms with E-state index >= 15 is 0 Å². The standard InChI is InChI=1S/C23H25NO8/c1-27-4-5-28-3-2-24-16-12-20-18(29-6-8-31-20)10-14(16)22(23(24)26)15-11-19-21(13-17(15)25)32-9-7-30-19/h10-13,22,25H,2-9H2,1H3. The number of carbonyl (C=O) groups excluding carboxylic acids is 1. The van der Waals surface area contributed by atoms with Crippen molar-refractivity contribution in [3.05, 3.63) is 35.4 Å². The number of fused-ring (bicyclic) bond motifs is 3. The molecule has 5 rings (SSSR count). The molecule has 0 aromatic heterocycles. The summed E-state index contributed by atoms with van der Waals surface area (Å²) in [7, 11) is 1.61. The Labute approximate surface area is 185 Å². The molecule has 2 aromatic carbocycles. The highest BCUT2D eigenvalue weighted by atomic mass is 16.6. The average Bonchev–Trinajstić information content (AvgIpc) is 3.07. The van der Waals surface area contributed by atoms with Crippen LogP contribution in [0.5, 0.6) is 28.7 Å². The zero-order chi connectivity index (χ0) is 22.1. The fraction of sp³-hybridized carbons (Fsp3) is 0.435. The predicted octanol–water partition coefficient (Wildman–Crippen LogP) is 2.08. The van der Waals surface area contributed by atoms with Gasteiger partial charge < -0.3 is 38.4 Å². The first kappa shape index (κ1) is 20.7. The van der Waals surface area contributed by atoms with Crippen LogP contribution in [0.25, 0.3) is 0 Å². The smallest absolute Gasteiger partial charge is 0.239 e. The molecule has 0 radical (unpaired) electrons. The Morgan fingerprint density at radius 2 is 1.47 bits per heavy atom. The van der Waals surface area contributed by atoms with Gasteiger partial charge in [-0.1, -0.05) is 0 Å². The summed E-state index contributed by atoms with van der Waals surface area (Å²) in [5.41, 5.74) is 1.91. The van der Waals surface area contributed by atoms with Crippen molar-refractivity contribution in [2.75, 3.05) is 64.8 Å². The number of ether oxygens (including phenoxy) is 6. The second-order valence-electron chi connectivity index (χ2n) is 7.64. The van der Waals surface area contributed by atoms with Gasteiger partial charge >= 0.3 is 0 Å². The van der Waals surface area contributed by atoms with Crippen LogP contribution >= 0.6 is 0 Å². The number of hydrogen-bond acceptors (Lipinski definition) is 8. The second-order valence-corrected chi connectivity index (χ2v) is 7.64. The summed E-state index contributed by atoms with van der Waals surface area (Å²) < 4.78 is 33.3. The van der Waals surface area contributed by atoms with E-state index in [0.717, 1.165) is 5.56 Å². The van der Waals surface area contributed by atoms with Crippen LogP contribution < -0.4 is 23.8 Å². The Morgan fingerprint density at radius 3 is 2.12 bits per heavy atom. The van der Waals surface area contributed by atoms with Crippen molar-refractivity contribution in [2.24, 2.45) is 0 Å². The van der Waals surface area contributed by atoms with Crippen LogP contribution in [0.2, 0.25) is 0 Å². The molecule has 0 saturated heterocycles. The Balaban J connectivity index is 1.52. The number of phenols is 1. The van der Waals surface area contributed by atoms with E-state index in [9.17, 15) is 9.90 Å². The first-order chi connectivity index (χ1) is 15.7. The molecule has 9 nitrogen and oxygen atoms in total. The largest absolute Gasteiger partial charge is 0.507 e. The van der Waals surface area contributed by atoms with Crippen LogP contribution in [-0.4, -0.2) is 70.9 Å². The highest BCUT2D eigenvalue weighted by molar-refractivity contribution is 6.08. The molecule has 0 fully saturated rings. The lowest BCUT2D eigenvalue weighted by molar-refractivity contribution is -0.118. The van der Waals surface area contributed by atoms with Gasteiger partial charge in [-0.2, -0.15) is 0 Å². The minimum atomic E-state index is -0.712. The third-order valence-corrected chi connectivity index (χ3v) is 5.70. The van der Waals surface area contributed by atoms with Gasteiger partial charge in [0.25, 0.3) is 0 Å². The SMILES string of the molecule is COCCOCCN1C(=O)C(c2cc3c(cc2O)OCCO3)c2cc3c(cc21)OCCO3. The number of amides is 1. The molecule has 9 heteroatoms. The van der Waals surface area contributed by atoms with Gasteiger partial charge in [0.15, 0.2) is 23.0 Å². The van der Waals surface area contributed by atoms with Gasteiger partial charge in [-0.3, -0.25) is 4.79 Å². The van der Waals surface area contributed by atoms with E-state index < -0.39 is 5.92 Å². The second kappa shape index (κ2) is 8.76. The molecule has 1 amide bonds. The van der Waals surface area contributed by atoms with E-state index in [4.69, 9.17) is 28.4 Å². The van der Waals surface area contributed by atoms with Crippen LogP contribution in [-0.2, 0) is 14.3 Å². The van der Waals surface area contributed by atoms with Crippen molar-refractivity contribution in [1.29, 1.82) is 0 Å². The van der Waals surface area contributed by atoms with Gasteiger partial charge in [-0.05, 0) is 17.7 Å². The lowest BCUT2D eigenvalue weighted by Gasteiger charge is -2.22. The summed E-state index contributed by atoms with van der Waals surface area (Å²) in [5, 5.41) is 10.8. The van der Waals surface area contributed by atoms with Gasteiger partial charge in [0.2, 0.25) is 5.91 Å². The van der Waals surface area contributed by atoms with Crippen molar-refractivity contribution in [1.82, 2.24) is 0 Å². The zero-order valence-corrected chi connectivity index (χ0v) is 17.8. The summed E-state index contributed by atoms with van der Waals surface area (Å²) >= 11 is 0. The minimum absolute atomic E-state index is 0.0216. The number of nitrogens with zero attached hydrogens (tertiary/aromatic N) is 1. The normalized spacial score (nSPS) is 18.6. The van der Waals surface area contributed by atoms with Gasteiger partial charge in [0.1, 0.15) is 32.2 Å². The fourth-order valence-electron chi connectivity index (χ4n) is 4.22. The molecule has 0 spiro atoms. The number of phenolic OH excluding ortho intramolecular Hbond substituents is 1. The quantitative estimate of drug-likeness (QED) is 0.650. The summed E-state index contributed by atoms with van der Waals surface area (Å²) in [4.78, 5) is 15.3. The van der Waals surface area contributed by atoms with Crippen LogP contribution in [0.3, 0.4) is 0 Å². The molecular weight excluding hydrogens is 418 g/mol. The molecule has 0 saturated carbocycles. The van der Waals surface area contributed by atoms with Gasteiger partial charge in [-0.15, -0.1) is 0 Å². The Kier molecular flexibility index (Phi) is 5.67. The molecule has 1 N–H and O–H groups in total. The van der Waals surface area contributed by atoms with E-state index in [1.807, 2.05) is 12.1 Å². The number of aromatic hydroxyl groups is 1. The maximum atomic E-state index is 13.6. The van der Waals surface area contributed by atoms with E-state index in [2.05, 4.69) is 0 Å². The van der Waals surface area contributed by atoms with Crippen LogP contribution in [0.15, 0.2) is 24.3 Å². The summed E-state index contributed by atoms with van der Waals surface area (Å²) in [6.45, 7) is 3.35. The molecule has 170 valence electrons. The monoisotopic (exact) mass is 443 g/mol. The van der Waals surface area contributed by atoms with Crippen LogP contribution in [0.4, 0.5) is 5.69 Å². The van der Waals surface area contributed by atoms with Crippen molar-refractivity contribution in [3.8, 4) is 28.7 Å². The van der Waals surface area contributed by atoms with Crippen molar-refractivity contribution in [2.45, 2.75) is 5.92 Å². The number of methoxy groups -OCH3 is 1. The van der Waals surface area contributed by atoms with Crippen molar-refractivity contribution < 1.29 is 38.3 Å². The fourth-order valence-corrected chi connectivity index (χ4v) is 4.22. The first-order valence-electron chi connectivity index (χ1n) is 10.6. The summed E-state index contributed by atoms with van der Waals surface area (Å²) in [6, 6.07) is 6.84. The van der Waals surface area contributed by atoms with Crippen LogP contribution in [0, 0.1) is 0 Å². The van der Waals surface area contributed by atoms with Gasteiger partial charge in [0, 0.05) is 31.4 Å². The topological polar surface area (TPSA) is 95.9 Å². The molecule has 3 aliphatic rings. The number of carbonyl (C=O) groups is 1. The third kappa shape index (κ3) is 3.67. The Hall–Kier alpha value is -3.17. The average molecular weight is 443 g/mol. The highest BCUT2D eigenvalue weighted by Crippen LogP contribution is 2.50. The molecule has 0 bridgehead atoms. The van der Waals surface area contributed by atoms with Gasteiger partial charge in [-0.25, -0.2) is 0 Å². The Bertz CT molecular complexity index is 1020. The summed E-state index contributed by atoms with van der Waals surface area (Å²) in [6.07, 6.45) is 0. The van der Waals surface area contributed by atoms with E-state index in [1.54, 1.807) is 18.1 Å². The van der Waals surface area contributed by atoms with E-state index in [-0.39, 0.29) is 11.7 Å². The number of rotatable bonds is 7. The molecule has 0 aliphatic carbocycles. The van der Waals surface area contributed by atoms with Gasteiger partial charge in [0.05, 0.1) is 31.4 Å². The Morgan fingerprint density at radius 1 is 0.875 bits per heavy atom. The highest BCUT2D eigenvalue weighted by Gasteiger charge is 2.41. The molecular formula is C23H25NO8. The zero-order valence-electron chi connectivity index (χ0n) is 17.8. The molecule has 2 aromatic rings. The van der Waals surface area contributed by atoms with Crippen molar-refractivity contribution in [3.63, 3.8) is 0 Å². The first-order valence-corrected chi connectivity index (χ1v) is 10.6. The number of anilines is 1. The number of benzene rings is 2. The lowest BCUT2D eigenvalue weighted by atomic mass is 9.91. The molecule has 1 atom stereocenters. The molecule has 3 heterocycles. The van der Waals surface area contributed by atoms with Crippen molar-refractivity contribution >= 4 is 11.6 Å². The summed E-state index contributed by atoms with van der Waals surface area (Å²) in [5.74, 6) is 1.26. The maximum Gasteiger partial charge on any atom is 0.239 e. The molecule has 32 heavy (non-hydrogen) atoms. The minimum Gasteiger partial charge on any atom is -0.507 e. The van der Waals surface area contributed by atoms with Crippen LogP contribution in [0.1, 0.15) is 17.0 Å². The van der Waals surface area contributed by atoms with E-state index in [1.165, 1.54) is 6.07 Å². The third-order valence-electron chi connectivity index (χ3n) is 5.70. The molecule has 1 unspecified atom stereocenters. The number of hydrogen-bond donors (Lipinski definition) is 1. The molecule has 3 aliphatic heterocycles. The predicted molar refractivity (Wildman–Crippen MR) is 113 cm³/mol. The van der Waals surface area contributed by atoms with E-state index in [0.29, 0.717) is 87.0 Å². The lowest BCUT2D eigenvalue weighted by Crippen LogP contribution is -2.32.